The van der Waals surface area contributed by atoms with Gasteiger partial charge in [0, 0.05) is 5.56 Å². The highest BCUT2D eigenvalue weighted by atomic mass is 16.3. The van der Waals surface area contributed by atoms with E-state index in [1.54, 1.807) is 18.2 Å². The molecule has 0 saturated carbocycles. The number of aromatic nitrogens is 1. The van der Waals surface area contributed by atoms with Gasteiger partial charge in [-0.15, -0.1) is 0 Å². The van der Waals surface area contributed by atoms with Crippen LogP contribution in [0.2, 0.25) is 0 Å². The fourth-order valence-corrected chi connectivity index (χ4v) is 1.28. The Kier molecular flexibility index (Phi) is 2.49. The van der Waals surface area contributed by atoms with Gasteiger partial charge < -0.3 is 9.52 Å². The van der Waals surface area contributed by atoms with Crippen molar-refractivity contribution in [1.29, 1.82) is 0 Å². The molecule has 0 atom stereocenters. The number of aromatic hydroxyl groups is 1. The lowest BCUT2D eigenvalue weighted by atomic mass is 10.1. The molecule has 1 heterocycles. The number of benzene rings is 1. The molecule has 0 amide bonds. The van der Waals surface area contributed by atoms with E-state index in [9.17, 15) is 9.90 Å². The summed E-state index contributed by atoms with van der Waals surface area (Å²) < 4.78 is 5.06. The summed E-state index contributed by atoms with van der Waals surface area (Å²) in [6.45, 7) is 0. The molecule has 4 nitrogen and oxygen atoms in total. The summed E-state index contributed by atoms with van der Waals surface area (Å²) >= 11 is 0. The van der Waals surface area contributed by atoms with Crippen molar-refractivity contribution >= 4 is 6.29 Å². The van der Waals surface area contributed by atoms with E-state index in [1.807, 2.05) is 6.07 Å². The van der Waals surface area contributed by atoms with E-state index in [0.717, 1.165) is 5.56 Å². The number of phenols is 1. The number of phenolic OH excluding ortho intramolecular Hbond substituents is 1. The first-order chi connectivity index (χ1) is 7.29. The zero-order valence-corrected chi connectivity index (χ0v) is 7.88. The predicted molar refractivity (Wildman–Crippen MR) is 52.8 cm³/mol. The fourth-order valence-electron chi connectivity index (χ4n) is 1.28. The van der Waals surface area contributed by atoms with E-state index in [2.05, 4.69) is 4.98 Å². The molecular formula is C11H9NO3. The fraction of sp³-hybridized carbons (Fsp3) is 0.0909. The van der Waals surface area contributed by atoms with E-state index in [4.69, 9.17) is 4.42 Å². The summed E-state index contributed by atoms with van der Waals surface area (Å²) in [6.07, 6.45) is 2.29. The third-order valence-corrected chi connectivity index (χ3v) is 2.02. The smallest absolute Gasteiger partial charge is 0.199 e. The van der Waals surface area contributed by atoms with Crippen LogP contribution in [0.15, 0.2) is 34.9 Å². The van der Waals surface area contributed by atoms with E-state index in [-0.39, 0.29) is 11.4 Å². The maximum Gasteiger partial charge on any atom is 0.199 e. The van der Waals surface area contributed by atoms with E-state index >= 15 is 0 Å². The van der Waals surface area contributed by atoms with Crippen LogP contribution in [0, 0.1) is 0 Å². The zero-order chi connectivity index (χ0) is 10.7. The highest BCUT2D eigenvalue weighted by molar-refractivity contribution is 5.70. The molecule has 0 unspecified atom stereocenters. The van der Waals surface area contributed by atoms with Crippen molar-refractivity contribution in [3.8, 4) is 5.75 Å². The molecule has 0 aliphatic carbocycles. The molecule has 4 heteroatoms. The predicted octanol–water partition coefficient (Wildman–Crippen LogP) is 1.78. The van der Waals surface area contributed by atoms with Gasteiger partial charge in [-0.25, -0.2) is 4.98 Å². The Morgan fingerprint density at radius 2 is 2.20 bits per heavy atom. The van der Waals surface area contributed by atoms with Crippen LogP contribution in [0.4, 0.5) is 0 Å². The number of carbonyl (C=O) groups excluding carboxylic acids is 1. The number of hydrogen-bond acceptors (Lipinski definition) is 4. The molecule has 1 N–H and O–H groups in total. The molecular weight excluding hydrogens is 194 g/mol. The molecule has 0 fully saturated rings. The maximum absolute atomic E-state index is 10.4. The lowest BCUT2D eigenvalue weighted by Gasteiger charge is -1.99. The van der Waals surface area contributed by atoms with Crippen molar-refractivity contribution in [2.75, 3.05) is 0 Å². The Hall–Kier alpha value is -2.10. The minimum absolute atomic E-state index is 0.198. The highest BCUT2D eigenvalue weighted by Gasteiger charge is 2.06. The van der Waals surface area contributed by atoms with E-state index < -0.39 is 0 Å². The minimum Gasteiger partial charge on any atom is -0.508 e. The first-order valence-corrected chi connectivity index (χ1v) is 4.46. The number of hydrogen-bond donors (Lipinski definition) is 1. The number of nitrogens with zero attached hydrogens (tertiary/aromatic N) is 1. The lowest BCUT2D eigenvalue weighted by molar-refractivity contribution is 0.111. The Bertz CT molecular complexity index is 476. The van der Waals surface area contributed by atoms with Crippen molar-refractivity contribution in [3.05, 3.63) is 47.7 Å². The second-order valence-electron chi connectivity index (χ2n) is 3.09. The SMILES string of the molecule is O=Cc1coc(Cc2ccccc2O)n1. The average Bonchev–Trinajstić information content (AvgIpc) is 2.69. The van der Waals surface area contributed by atoms with Crippen molar-refractivity contribution in [3.63, 3.8) is 0 Å². The van der Waals surface area contributed by atoms with Crippen LogP contribution in [-0.2, 0) is 6.42 Å². The van der Waals surface area contributed by atoms with Gasteiger partial charge in [-0.1, -0.05) is 18.2 Å². The Balaban J connectivity index is 2.22. The summed E-state index contributed by atoms with van der Waals surface area (Å²) in [6, 6.07) is 6.93. The molecule has 76 valence electrons. The number of carbonyl (C=O) groups is 1. The van der Waals surface area contributed by atoms with E-state index in [1.165, 1.54) is 6.26 Å². The molecule has 2 aromatic rings. The van der Waals surface area contributed by atoms with Crippen molar-refractivity contribution in [1.82, 2.24) is 4.98 Å². The van der Waals surface area contributed by atoms with Gasteiger partial charge in [-0.3, -0.25) is 4.79 Å². The molecule has 0 aliphatic heterocycles. The molecule has 0 spiro atoms. The topological polar surface area (TPSA) is 63.3 Å². The summed E-state index contributed by atoms with van der Waals surface area (Å²) in [4.78, 5) is 14.3. The molecule has 1 aromatic carbocycles. The Morgan fingerprint density at radius 1 is 1.40 bits per heavy atom. The number of aldehydes is 1. The maximum atomic E-state index is 10.4. The van der Waals surface area contributed by atoms with Gasteiger partial charge in [0.2, 0.25) is 0 Å². The summed E-state index contributed by atoms with van der Waals surface area (Å²) in [5.74, 6) is 0.613. The average molecular weight is 203 g/mol. The summed E-state index contributed by atoms with van der Waals surface area (Å²) in [5, 5.41) is 9.50. The quantitative estimate of drug-likeness (QED) is 0.772. The molecule has 2 rings (SSSR count). The Morgan fingerprint density at radius 3 is 2.87 bits per heavy atom. The van der Waals surface area contributed by atoms with Gasteiger partial charge in [0.25, 0.3) is 0 Å². The summed E-state index contributed by atoms with van der Waals surface area (Å²) in [5.41, 5.74) is 0.984. The molecule has 1 aromatic heterocycles. The van der Waals surface area contributed by atoms with Gasteiger partial charge in [-0.05, 0) is 6.07 Å². The van der Waals surface area contributed by atoms with Crippen LogP contribution >= 0.6 is 0 Å². The largest absolute Gasteiger partial charge is 0.508 e. The minimum atomic E-state index is 0.198. The van der Waals surface area contributed by atoms with Crippen molar-refractivity contribution < 1.29 is 14.3 Å². The van der Waals surface area contributed by atoms with Gasteiger partial charge in [0.1, 0.15) is 17.7 Å². The molecule has 0 radical (unpaired) electrons. The standard InChI is InChI=1S/C11H9NO3/c13-6-9-7-15-11(12-9)5-8-3-1-2-4-10(8)14/h1-4,6-7,14H,5H2. The van der Waals surface area contributed by atoms with Crippen molar-refractivity contribution in [2.45, 2.75) is 6.42 Å². The molecule has 15 heavy (non-hydrogen) atoms. The van der Waals surface area contributed by atoms with Crippen LogP contribution < -0.4 is 0 Å². The first kappa shape index (κ1) is 9.45. The van der Waals surface area contributed by atoms with Gasteiger partial charge in [-0.2, -0.15) is 0 Å². The third-order valence-electron chi connectivity index (χ3n) is 2.02. The number of oxazole rings is 1. The molecule has 0 aliphatic rings. The number of para-hydroxylation sites is 1. The van der Waals surface area contributed by atoms with Gasteiger partial charge in [0.05, 0.1) is 6.42 Å². The van der Waals surface area contributed by atoms with Crippen LogP contribution in [-0.4, -0.2) is 16.4 Å². The monoisotopic (exact) mass is 203 g/mol. The second kappa shape index (κ2) is 3.96. The van der Waals surface area contributed by atoms with E-state index in [0.29, 0.717) is 18.6 Å². The molecule has 0 bridgehead atoms. The zero-order valence-electron chi connectivity index (χ0n) is 7.88. The number of rotatable bonds is 3. The second-order valence-corrected chi connectivity index (χ2v) is 3.09. The van der Waals surface area contributed by atoms with Gasteiger partial charge in [0.15, 0.2) is 12.2 Å². The van der Waals surface area contributed by atoms with Crippen LogP contribution in [0.3, 0.4) is 0 Å². The highest BCUT2D eigenvalue weighted by Crippen LogP contribution is 2.18. The first-order valence-electron chi connectivity index (χ1n) is 4.46. The molecule has 0 saturated heterocycles. The third kappa shape index (κ3) is 2.04. The lowest BCUT2D eigenvalue weighted by Crippen LogP contribution is -1.89. The van der Waals surface area contributed by atoms with Crippen LogP contribution in [0.1, 0.15) is 21.9 Å². The summed E-state index contributed by atoms with van der Waals surface area (Å²) in [7, 11) is 0. The van der Waals surface area contributed by atoms with Crippen molar-refractivity contribution in [2.24, 2.45) is 0 Å². The Labute approximate surface area is 86.2 Å². The van der Waals surface area contributed by atoms with Crippen LogP contribution in [0.5, 0.6) is 5.75 Å². The van der Waals surface area contributed by atoms with Gasteiger partial charge >= 0.3 is 0 Å². The van der Waals surface area contributed by atoms with Crippen LogP contribution in [0.25, 0.3) is 0 Å². The normalized spacial score (nSPS) is 10.1.